The van der Waals surface area contributed by atoms with Crippen LogP contribution in [0, 0.1) is 10.1 Å². The van der Waals surface area contributed by atoms with E-state index < -0.39 is 0 Å². The number of fused-ring (bicyclic) bond motifs is 1. The summed E-state index contributed by atoms with van der Waals surface area (Å²) in [5, 5.41) is 14.8. The van der Waals surface area contributed by atoms with Gasteiger partial charge in [0.25, 0.3) is 5.69 Å². The van der Waals surface area contributed by atoms with Gasteiger partial charge < -0.3 is 5.32 Å². The van der Waals surface area contributed by atoms with Crippen LogP contribution in [0.25, 0.3) is 10.9 Å². The van der Waals surface area contributed by atoms with Crippen molar-refractivity contribution in [1.29, 1.82) is 0 Å². The molecule has 0 saturated carbocycles. The van der Waals surface area contributed by atoms with Crippen LogP contribution in [0.2, 0.25) is 0 Å². The van der Waals surface area contributed by atoms with E-state index in [0.29, 0.717) is 0 Å². The maximum atomic E-state index is 10.7. The number of non-ortho nitro benzene ring substituents is 1. The molecule has 1 heterocycles. The molecule has 5 nitrogen and oxygen atoms in total. The summed E-state index contributed by atoms with van der Waals surface area (Å²) < 4.78 is 0. The molecule has 1 N–H and O–H groups in total. The summed E-state index contributed by atoms with van der Waals surface area (Å²) in [4.78, 5) is 14.8. The van der Waals surface area contributed by atoms with E-state index in [2.05, 4.69) is 17.2 Å². The van der Waals surface area contributed by atoms with Crippen molar-refractivity contribution in [2.75, 3.05) is 11.9 Å². The molecular formula is C15H19N3O2. The second-order valence-electron chi connectivity index (χ2n) is 4.82. The fraction of sp³-hybridized carbons (Fsp3) is 0.400. The molecule has 2 aromatic rings. The minimum absolute atomic E-state index is 0.0968. The van der Waals surface area contributed by atoms with E-state index in [1.54, 1.807) is 12.1 Å². The van der Waals surface area contributed by atoms with Gasteiger partial charge in [-0.15, -0.1) is 0 Å². The van der Waals surface area contributed by atoms with Crippen molar-refractivity contribution < 1.29 is 4.92 Å². The maximum Gasteiger partial charge on any atom is 0.270 e. The zero-order chi connectivity index (χ0) is 14.4. The van der Waals surface area contributed by atoms with Crippen LogP contribution in [-0.2, 0) is 0 Å². The molecule has 1 aromatic carbocycles. The highest BCUT2D eigenvalue weighted by Crippen LogP contribution is 2.21. The molecule has 0 aliphatic heterocycles. The number of rotatable bonds is 7. The lowest BCUT2D eigenvalue weighted by atomic mass is 10.2. The van der Waals surface area contributed by atoms with Gasteiger partial charge >= 0.3 is 0 Å². The predicted octanol–water partition coefficient (Wildman–Crippen LogP) is 4.14. The molecule has 0 amide bonds. The molecule has 1 aromatic heterocycles. The number of nitro benzene ring substituents is 1. The zero-order valence-electron chi connectivity index (χ0n) is 11.6. The van der Waals surface area contributed by atoms with Gasteiger partial charge in [-0.1, -0.05) is 26.2 Å². The fourth-order valence-corrected chi connectivity index (χ4v) is 2.09. The van der Waals surface area contributed by atoms with Crippen LogP contribution in [0.15, 0.2) is 30.3 Å². The largest absolute Gasteiger partial charge is 0.370 e. The molecule has 0 unspecified atom stereocenters. The van der Waals surface area contributed by atoms with Crippen LogP contribution in [0.3, 0.4) is 0 Å². The number of aromatic nitrogens is 1. The van der Waals surface area contributed by atoms with Crippen molar-refractivity contribution in [1.82, 2.24) is 4.98 Å². The second kappa shape index (κ2) is 6.84. The van der Waals surface area contributed by atoms with Gasteiger partial charge in [0.05, 0.1) is 10.4 Å². The van der Waals surface area contributed by atoms with Crippen molar-refractivity contribution in [3.63, 3.8) is 0 Å². The Morgan fingerprint density at radius 2 is 2.05 bits per heavy atom. The van der Waals surface area contributed by atoms with Crippen molar-refractivity contribution >= 4 is 22.4 Å². The zero-order valence-corrected chi connectivity index (χ0v) is 11.6. The minimum Gasteiger partial charge on any atom is -0.370 e. The highest BCUT2D eigenvalue weighted by Gasteiger charge is 2.06. The smallest absolute Gasteiger partial charge is 0.270 e. The first kappa shape index (κ1) is 14.2. The Labute approximate surface area is 118 Å². The normalized spacial score (nSPS) is 10.7. The highest BCUT2D eigenvalue weighted by atomic mass is 16.6. The van der Waals surface area contributed by atoms with E-state index in [0.717, 1.165) is 29.7 Å². The van der Waals surface area contributed by atoms with Gasteiger partial charge in [0.15, 0.2) is 0 Å². The number of nitrogens with one attached hydrogen (secondary N) is 1. The topological polar surface area (TPSA) is 68.1 Å². The number of nitrogens with zero attached hydrogens (tertiary/aromatic N) is 2. The molecule has 2 rings (SSSR count). The average Bonchev–Trinajstić information content (AvgIpc) is 2.46. The summed E-state index contributed by atoms with van der Waals surface area (Å²) in [7, 11) is 0. The Morgan fingerprint density at radius 3 is 2.80 bits per heavy atom. The summed E-state index contributed by atoms with van der Waals surface area (Å²) >= 11 is 0. The van der Waals surface area contributed by atoms with Crippen LogP contribution in [0.1, 0.15) is 32.6 Å². The highest BCUT2D eigenvalue weighted by molar-refractivity contribution is 5.82. The van der Waals surface area contributed by atoms with Crippen LogP contribution in [0.4, 0.5) is 11.5 Å². The van der Waals surface area contributed by atoms with E-state index >= 15 is 0 Å². The lowest BCUT2D eigenvalue weighted by Crippen LogP contribution is -2.03. The first-order valence-corrected chi connectivity index (χ1v) is 7.00. The molecule has 0 aliphatic rings. The standard InChI is InChI=1S/C15H19N3O2/c1-2-3-4-5-10-16-15-9-6-12-11-13(18(19)20)7-8-14(12)17-15/h6-9,11H,2-5,10H2,1H3,(H,16,17). The van der Waals surface area contributed by atoms with Crippen LogP contribution >= 0.6 is 0 Å². The van der Waals surface area contributed by atoms with Gasteiger partial charge in [-0.05, 0) is 24.6 Å². The fourth-order valence-electron chi connectivity index (χ4n) is 2.09. The number of benzene rings is 1. The number of hydrogen-bond acceptors (Lipinski definition) is 4. The third kappa shape index (κ3) is 3.66. The lowest BCUT2D eigenvalue weighted by molar-refractivity contribution is -0.384. The lowest BCUT2D eigenvalue weighted by Gasteiger charge is -2.06. The molecule has 0 fully saturated rings. The van der Waals surface area contributed by atoms with Gasteiger partial charge in [0.1, 0.15) is 5.82 Å². The molecule has 0 bridgehead atoms. The molecule has 0 radical (unpaired) electrons. The second-order valence-corrected chi connectivity index (χ2v) is 4.82. The van der Waals surface area contributed by atoms with Gasteiger partial charge in [-0.2, -0.15) is 0 Å². The molecule has 0 spiro atoms. The molecule has 0 saturated heterocycles. The Kier molecular flexibility index (Phi) is 4.87. The van der Waals surface area contributed by atoms with Gasteiger partial charge in [-0.3, -0.25) is 10.1 Å². The summed E-state index contributed by atoms with van der Waals surface area (Å²) in [5.41, 5.74) is 0.869. The Hall–Kier alpha value is -2.17. The number of unbranched alkanes of at least 4 members (excludes halogenated alkanes) is 3. The van der Waals surface area contributed by atoms with E-state index in [4.69, 9.17) is 0 Å². The molecular weight excluding hydrogens is 254 g/mol. The number of hydrogen-bond donors (Lipinski definition) is 1. The van der Waals surface area contributed by atoms with Crippen molar-refractivity contribution in [3.05, 3.63) is 40.4 Å². The van der Waals surface area contributed by atoms with Gasteiger partial charge in [0.2, 0.25) is 0 Å². The summed E-state index contributed by atoms with van der Waals surface area (Å²) in [6.45, 7) is 3.10. The van der Waals surface area contributed by atoms with Crippen molar-refractivity contribution in [3.8, 4) is 0 Å². The van der Waals surface area contributed by atoms with Crippen LogP contribution in [-0.4, -0.2) is 16.5 Å². The van der Waals surface area contributed by atoms with E-state index in [-0.39, 0.29) is 10.6 Å². The Balaban J connectivity index is 2.02. The number of anilines is 1. The van der Waals surface area contributed by atoms with Crippen LogP contribution < -0.4 is 5.32 Å². The first-order chi connectivity index (χ1) is 9.70. The summed E-state index contributed by atoms with van der Waals surface area (Å²) in [6.07, 6.45) is 4.85. The number of pyridine rings is 1. The number of nitro groups is 1. The molecule has 106 valence electrons. The van der Waals surface area contributed by atoms with Crippen molar-refractivity contribution in [2.45, 2.75) is 32.6 Å². The quantitative estimate of drug-likeness (QED) is 0.468. The van der Waals surface area contributed by atoms with Gasteiger partial charge in [-0.25, -0.2) is 4.98 Å². The Bertz CT molecular complexity index is 599. The van der Waals surface area contributed by atoms with E-state index in [1.165, 1.54) is 25.3 Å². The average molecular weight is 273 g/mol. The third-order valence-electron chi connectivity index (χ3n) is 3.22. The third-order valence-corrected chi connectivity index (χ3v) is 3.22. The predicted molar refractivity (Wildman–Crippen MR) is 81.0 cm³/mol. The van der Waals surface area contributed by atoms with Gasteiger partial charge in [0, 0.05) is 24.1 Å². The molecule has 20 heavy (non-hydrogen) atoms. The molecule has 5 heteroatoms. The van der Waals surface area contributed by atoms with E-state index in [9.17, 15) is 10.1 Å². The van der Waals surface area contributed by atoms with Crippen molar-refractivity contribution in [2.24, 2.45) is 0 Å². The Morgan fingerprint density at radius 1 is 1.20 bits per heavy atom. The maximum absolute atomic E-state index is 10.7. The van der Waals surface area contributed by atoms with E-state index in [1.807, 2.05) is 12.1 Å². The molecule has 0 atom stereocenters. The van der Waals surface area contributed by atoms with Crippen LogP contribution in [0.5, 0.6) is 0 Å². The monoisotopic (exact) mass is 273 g/mol. The summed E-state index contributed by atoms with van der Waals surface area (Å²) in [5.74, 6) is 0.822. The SMILES string of the molecule is CCCCCCNc1ccc2cc([N+](=O)[O-])ccc2n1. The molecule has 0 aliphatic carbocycles. The summed E-state index contributed by atoms with van der Waals surface area (Å²) in [6, 6.07) is 8.46. The minimum atomic E-state index is -0.390. The first-order valence-electron chi connectivity index (χ1n) is 7.00.